The van der Waals surface area contributed by atoms with Crippen LogP contribution in [0.25, 0.3) is 11.2 Å². The third-order valence-electron chi connectivity index (χ3n) is 5.50. The maximum absolute atomic E-state index is 12.6. The molecular formula is C20H24N6O4. The van der Waals surface area contributed by atoms with Gasteiger partial charge in [-0.1, -0.05) is 6.07 Å². The Balaban J connectivity index is 1.37. The lowest BCUT2D eigenvalue weighted by Gasteiger charge is -2.29. The number of imidazole rings is 1. The quantitative estimate of drug-likeness (QED) is 0.646. The van der Waals surface area contributed by atoms with Crippen molar-refractivity contribution in [3.05, 3.63) is 51.6 Å². The van der Waals surface area contributed by atoms with Gasteiger partial charge < -0.3 is 14.6 Å². The summed E-state index contributed by atoms with van der Waals surface area (Å²) >= 11 is 0. The van der Waals surface area contributed by atoms with E-state index >= 15 is 0 Å². The van der Waals surface area contributed by atoms with Gasteiger partial charge in [-0.15, -0.1) is 0 Å². The summed E-state index contributed by atoms with van der Waals surface area (Å²) in [5.41, 5.74) is -0.414. The minimum atomic E-state index is -0.467. The van der Waals surface area contributed by atoms with E-state index in [1.165, 1.54) is 22.5 Å². The third kappa shape index (κ3) is 3.85. The van der Waals surface area contributed by atoms with Gasteiger partial charge in [0.1, 0.15) is 12.6 Å². The van der Waals surface area contributed by atoms with E-state index in [2.05, 4.69) is 15.3 Å². The van der Waals surface area contributed by atoms with Gasteiger partial charge in [-0.25, -0.2) is 14.8 Å². The zero-order valence-electron chi connectivity index (χ0n) is 16.9. The molecule has 3 aromatic heterocycles. The van der Waals surface area contributed by atoms with Gasteiger partial charge in [0.15, 0.2) is 11.2 Å². The van der Waals surface area contributed by atoms with Gasteiger partial charge >= 0.3 is 5.69 Å². The molecule has 0 atom stereocenters. The lowest BCUT2D eigenvalue weighted by molar-refractivity contribution is -0.122. The standard InChI is InChI=1S/C20H24N6O4/c1-24-18-17(19(28)25(2)20(24)29)26(12-22-18)11-15(27)23-13-6-8-14(9-7-13)30-16-5-3-4-10-21-16/h3-5,10,12-14H,6-9,11H2,1-2H3,(H,23,27). The molecule has 0 bridgehead atoms. The average Bonchev–Trinajstić information content (AvgIpc) is 3.16. The number of hydrogen-bond donors (Lipinski definition) is 1. The Hall–Kier alpha value is -3.43. The van der Waals surface area contributed by atoms with Crippen molar-refractivity contribution in [1.29, 1.82) is 0 Å². The minimum absolute atomic E-state index is 0.0334. The van der Waals surface area contributed by atoms with Crippen molar-refractivity contribution >= 4 is 17.1 Å². The Morgan fingerprint density at radius 1 is 1.13 bits per heavy atom. The van der Waals surface area contributed by atoms with E-state index in [0.717, 1.165) is 30.3 Å². The number of hydrogen-bond acceptors (Lipinski definition) is 6. The van der Waals surface area contributed by atoms with Gasteiger partial charge in [-0.05, 0) is 31.7 Å². The van der Waals surface area contributed by atoms with E-state index in [1.54, 1.807) is 13.2 Å². The van der Waals surface area contributed by atoms with Crippen LogP contribution in [0.4, 0.5) is 0 Å². The monoisotopic (exact) mass is 412 g/mol. The molecule has 1 N–H and O–H groups in total. The lowest BCUT2D eigenvalue weighted by Crippen LogP contribution is -2.41. The number of ether oxygens (including phenoxy) is 1. The molecule has 0 unspecified atom stereocenters. The fourth-order valence-electron chi connectivity index (χ4n) is 3.86. The molecule has 30 heavy (non-hydrogen) atoms. The Morgan fingerprint density at radius 3 is 2.60 bits per heavy atom. The molecule has 1 aliphatic rings. The highest BCUT2D eigenvalue weighted by molar-refractivity contribution is 5.79. The summed E-state index contributed by atoms with van der Waals surface area (Å²) in [6.07, 6.45) is 6.49. The molecule has 0 aromatic carbocycles. The fourth-order valence-corrected chi connectivity index (χ4v) is 3.86. The molecule has 1 amide bonds. The molecule has 0 radical (unpaired) electrons. The first-order valence-corrected chi connectivity index (χ1v) is 9.92. The van der Waals surface area contributed by atoms with Crippen LogP contribution in [0.3, 0.4) is 0 Å². The molecule has 0 spiro atoms. The smallest absolute Gasteiger partial charge is 0.332 e. The van der Waals surface area contributed by atoms with E-state index in [-0.39, 0.29) is 35.8 Å². The highest BCUT2D eigenvalue weighted by Gasteiger charge is 2.24. The maximum Gasteiger partial charge on any atom is 0.332 e. The molecule has 0 aliphatic heterocycles. The molecule has 10 heteroatoms. The molecule has 0 saturated heterocycles. The van der Waals surface area contributed by atoms with E-state index in [0.29, 0.717) is 5.88 Å². The number of amides is 1. The summed E-state index contributed by atoms with van der Waals surface area (Å²) < 4.78 is 9.69. The second-order valence-electron chi connectivity index (χ2n) is 7.58. The molecule has 1 aliphatic carbocycles. The number of nitrogens with one attached hydrogen (secondary N) is 1. The van der Waals surface area contributed by atoms with Crippen LogP contribution in [0, 0.1) is 0 Å². The van der Waals surface area contributed by atoms with Crippen LogP contribution in [0.1, 0.15) is 25.7 Å². The zero-order chi connectivity index (χ0) is 21.3. The van der Waals surface area contributed by atoms with Crippen LogP contribution in [-0.2, 0) is 25.4 Å². The van der Waals surface area contributed by atoms with E-state index in [9.17, 15) is 14.4 Å². The highest BCUT2D eigenvalue weighted by atomic mass is 16.5. The predicted molar refractivity (Wildman–Crippen MR) is 109 cm³/mol. The normalized spacial score (nSPS) is 19.0. The van der Waals surface area contributed by atoms with E-state index < -0.39 is 11.2 Å². The Bertz CT molecular complexity index is 1170. The molecule has 1 fully saturated rings. The van der Waals surface area contributed by atoms with Crippen molar-refractivity contribution in [2.75, 3.05) is 0 Å². The number of pyridine rings is 1. The number of aryl methyl sites for hydroxylation is 1. The first-order chi connectivity index (χ1) is 14.4. The maximum atomic E-state index is 12.6. The third-order valence-corrected chi connectivity index (χ3v) is 5.50. The SMILES string of the molecule is Cn1c(=O)c2c(ncn2CC(=O)NC2CCC(Oc3ccccn3)CC2)n(C)c1=O. The van der Waals surface area contributed by atoms with Crippen LogP contribution in [0.5, 0.6) is 5.88 Å². The van der Waals surface area contributed by atoms with E-state index in [4.69, 9.17) is 4.74 Å². The van der Waals surface area contributed by atoms with Crippen molar-refractivity contribution in [3.63, 3.8) is 0 Å². The molecule has 3 heterocycles. The van der Waals surface area contributed by atoms with Crippen molar-refractivity contribution in [3.8, 4) is 5.88 Å². The zero-order valence-corrected chi connectivity index (χ0v) is 16.9. The first-order valence-electron chi connectivity index (χ1n) is 9.92. The van der Waals surface area contributed by atoms with Crippen LogP contribution in [0.15, 0.2) is 40.3 Å². The van der Waals surface area contributed by atoms with Crippen LogP contribution < -0.4 is 21.3 Å². The molecule has 3 aromatic rings. The van der Waals surface area contributed by atoms with Crippen LogP contribution in [0.2, 0.25) is 0 Å². The second kappa shape index (κ2) is 8.13. The van der Waals surface area contributed by atoms with Gasteiger partial charge in [-0.3, -0.25) is 18.7 Å². The van der Waals surface area contributed by atoms with Gasteiger partial charge in [0.25, 0.3) is 5.56 Å². The number of carbonyl (C=O) groups excluding carboxylic acids is 1. The van der Waals surface area contributed by atoms with Gasteiger partial charge in [-0.2, -0.15) is 0 Å². The minimum Gasteiger partial charge on any atom is -0.474 e. The van der Waals surface area contributed by atoms with Gasteiger partial charge in [0.05, 0.1) is 6.33 Å². The Labute approximate surface area is 172 Å². The summed E-state index contributed by atoms with van der Waals surface area (Å²) in [5.74, 6) is 0.423. The number of nitrogens with zero attached hydrogens (tertiary/aromatic N) is 5. The lowest BCUT2D eigenvalue weighted by atomic mass is 9.93. The largest absolute Gasteiger partial charge is 0.474 e. The number of carbonyl (C=O) groups is 1. The van der Waals surface area contributed by atoms with E-state index in [1.807, 2.05) is 18.2 Å². The summed E-state index contributed by atoms with van der Waals surface area (Å²) in [5, 5.41) is 3.03. The van der Waals surface area contributed by atoms with Crippen molar-refractivity contribution < 1.29 is 9.53 Å². The van der Waals surface area contributed by atoms with Crippen molar-refractivity contribution in [2.45, 2.75) is 44.4 Å². The summed E-state index contributed by atoms with van der Waals surface area (Å²) in [7, 11) is 2.96. The highest BCUT2D eigenvalue weighted by Crippen LogP contribution is 2.22. The van der Waals surface area contributed by atoms with Crippen molar-refractivity contribution in [2.24, 2.45) is 14.1 Å². The van der Waals surface area contributed by atoms with Crippen molar-refractivity contribution in [1.82, 2.24) is 29.0 Å². The van der Waals surface area contributed by atoms with Crippen LogP contribution in [-0.4, -0.2) is 41.7 Å². The predicted octanol–water partition coefficient (Wildman–Crippen LogP) is 0.335. The molecular weight excluding hydrogens is 388 g/mol. The Kier molecular flexibility index (Phi) is 5.39. The topological polar surface area (TPSA) is 113 Å². The molecule has 10 nitrogen and oxygen atoms in total. The number of fused-ring (bicyclic) bond motifs is 1. The first kappa shape index (κ1) is 19.9. The molecule has 158 valence electrons. The van der Waals surface area contributed by atoms with Crippen LogP contribution >= 0.6 is 0 Å². The number of aromatic nitrogens is 5. The number of rotatable bonds is 5. The van der Waals surface area contributed by atoms with Gasteiger partial charge in [0.2, 0.25) is 11.8 Å². The fraction of sp³-hybridized carbons (Fsp3) is 0.450. The summed E-state index contributed by atoms with van der Waals surface area (Å²) in [6.45, 7) is -0.0334. The second-order valence-corrected chi connectivity index (χ2v) is 7.58. The summed E-state index contributed by atoms with van der Waals surface area (Å²) in [4.78, 5) is 45.4. The Morgan fingerprint density at radius 2 is 1.90 bits per heavy atom. The average molecular weight is 412 g/mol. The molecule has 1 saturated carbocycles. The molecule has 4 rings (SSSR count). The summed E-state index contributed by atoms with van der Waals surface area (Å²) in [6, 6.07) is 5.63. The van der Waals surface area contributed by atoms with Gasteiger partial charge in [0, 0.05) is 32.4 Å².